The molecule has 0 aliphatic carbocycles. The molecule has 20 heavy (non-hydrogen) atoms. The molecule has 0 saturated carbocycles. The number of ether oxygens (including phenoxy) is 1. The van der Waals surface area contributed by atoms with E-state index in [9.17, 15) is 4.79 Å². The molecule has 0 radical (unpaired) electrons. The molecule has 4 nitrogen and oxygen atoms in total. The fraction of sp³-hybridized carbons (Fsp3) is 0.214. The Bertz CT molecular complexity index is 610. The van der Waals surface area contributed by atoms with Gasteiger partial charge in [0.15, 0.2) is 4.67 Å². The molecule has 106 valence electrons. The monoisotopic (exact) mass is 401 g/mol. The van der Waals surface area contributed by atoms with E-state index in [2.05, 4.69) is 37.2 Å². The van der Waals surface area contributed by atoms with Gasteiger partial charge in [0.2, 0.25) is 0 Å². The highest BCUT2D eigenvalue weighted by molar-refractivity contribution is 9.10. The lowest BCUT2D eigenvalue weighted by atomic mass is 10.2. The first-order valence-corrected chi connectivity index (χ1v) is 7.63. The summed E-state index contributed by atoms with van der Waals surface area (Å²) in [5.41, 5.74) is 1.40. The summed E-state index contributed by atoms with van der Waals surface area (Å²) >= 11 is 6.69. The zero-order valence-corrected chi connectivity index (χ0v) is 14.0. The lowest BCUT2D eigenvalue weighted by molar-refractivity contribution is 0.0526. The van der Waals surface area contributed by atoms with Crippen molar-refractivity contribution < 1.29 is 13.9 Å². The van der Waals surface area contributed by atoms with Gasteiger partial charge >= 0.3 is 5.97 Å². The minimum Gasteiger partial charge on any atom is -0.462 e. The van der Waals surface area contributed by atoms with E-state index in [0.29, 0.717) is 23.4 Å². The van der Waals surface area contributed by atoms with Crippen LogP contribution in [0.15, 0.2) is 43.9 Å². The molecular weight excluding hydrogens is 390 g/mol. The summed E-state index contributed by atoms with van der Waals surface area (Å²) in [6.07, 6.45) is 0. The lowest BCUT2D eigenvalue weighted by Crippen LogP contribution is -2.05. The number of halogens is 2. The number of carbonyl (C=O) groups excluding carboxylic acids is 1. The van der Waals surface area contributed by atoms with Crippen molar-refractivity contribution in [3.8, 4) is 0 Å². The second-order valence-corrected chi connectivity index (χ2v) is 5.61. The Hall–Kier alpha value is -1.27. The molecule has 0 bridgehead atoms. The minimum absolute atomic E-state index is 0.324. The Morgan fingerprint density at radius 2 is 2.10 bits per heavy atom. The molecule has 0 saturated heterocycles. The number of benzene rings is 1. The van der Waals surface area contributed by atoms with Crippen LogP contribution in [0.4, 0.5) is 5.69 Å². The van der Waals surface area contributed by atoms with Crippen LogP contribution in [0.3, 0.4) is 0 Å². The third-order valence-electron chi connectivity index (χ3n) is 2.56. The second kappa shape index (κ2) is 6.95. The van der Waals surface area contributed by atoms with Gasteiger partial charge in [0.05, 0.1) is 18.7 Å². The molecule has 1 N–H and O–H groups in total. The summed E-state index contributed by atoms with van der Waals surface area (Å²) in [6.45, 7) is 2.71. The molecule has 0 aliphatic rings. The molecule has 0 spiro atoms. The number of esters is 1. The molecule has 0 atom stereocenters. The summed E-state index contributed by atoms with van der Waals surface area (Å²) < 4.78 is 11.9. The predicted octanol–water partition coefficient (Wildman–Crippen LogP) is 4.59. The van der Waals surface area contributed by atoms with E-state index in [-0.39, 0.29) is 5.97 Å². The highest BCUT2D eigenvalue weighted by Gasteiger charge is 2.09. The molecule has 1 aromatic carbocycles. The number of hydrogen-bond acceptors (Lipinski definition) is 4. The van der Waals surface area contributed by atoms with Gasteiger partial charge in [-0.05, 0) is 69.1 Å². The number of carbonyl (C=O) groups is 1. The smallest absolute Gasteiger partial charge is 0.338 e. The Labute approximate surface area is 133 Å². The molecule has 0 fully saturated rings. The van der Waals surface area contributed by atoms with Crippen molar-refractivity contribution in [2.75, 3.05) is 11.9 Å². The van der Waals surface area contributed by atoms with Crippen LogP contribution in [0.5, 0.6) is 0 Å². The third kappa shape index (κ3) is 3.86. The van der Waals surface area contributed by atoms with Crippen molar-refractivity contribution in [2.24, 2.45) is 0 Å². The zero-order valence-electron chi connectivity index (χ0n) is 10.8. The zero-order chi connectivity index (χ0) is 14.5. The van der Waals surface area contributed by atoms with Gasteiger partial charge in [-0.2, -0.15) is 0 Å². The molecule has 0 unspecified atom stereocenters. The Morgan fingerprint density at radius 1 is 1.30 bits per heavy atom. The molecule has 0 amide bonds. The van der Waals surface area contributed by atoms with Gasteiger partial charge < -0.3 is 14.5 Å². The van der Waals surface area contributed by atoms with Gasteiger partial charge in [0.25, 0.3) is 0 Å². The SMILES string of the molecule is CCOC(=O)c1ccc(NCc2ccc(Br)o2)c(Br)c1. The van der Waals surface area contributed by atoms with Gasteiger partial charge in [-0.25, -0.2) is 4.79 Å². The summed E-state index contributed by atoms with van der Waals surface area (Å²) in [4.78, 5) is 11.6. The summed E-state index contributed by atoms with van der Waals surface area (Å²) in [7, 11) is 0. The van der Waals surface area contributed by atoms with E-state index in [1.807, 2.05) is 18.2 Å². The molecule has 2 rings (SSSR count). The van der Waals surface area contributed by atoms with E-state index >= 15 is 0 Å². The van der Waals surface area contributed by atoms with E-state index < -0.39 is 0 Å². The van der Waals surface area contributed by atoms with Crippen molar-refractivity contribution in [3.05, 3.63) is 50.8 Å². The third-order valence-corrected chi connectivity index (χ3v) is 3.64. The average molecular weight is 403 g/mol. The van der Waals surface area contributed by atoms with E-state index in [1.54, 1.807) is 19.1 Å². The van der Waals surface area contributed by atoms with Crippen molar-refractivity contribution in [1.29, 1.82) is 0 Å². The van der Waals surface area contributed by atoms with E-state index in [0.717, 1.165) is 15.9 Å². The number of furan rings is 1. The van der Waals surface area contributed by atoms with Crippen LogP contribution in [0.2, 0.25) is 0 Å². The van der Waals surface area contributed by atoms with Crippen molar-refractivity contribution in [2.45, 2.75) is 13.5 Å². The predicted molar refractivity (Wildman–Crippen MR) is 83.8 cm³/mol. The van der Waals surface area contributed by atoms with Crippen molar-refractivity contribution in [3.63, 3.8) is 0 Å². The lowest BCUT2D eigenvalue weighted by Gasteiger charge is -2.09. The van der Waals surface area contributed by atoms with Gasteiger partial charge in [-0.3, -0.25) is 0 Å². The largest absolute Gasteiger partial charge is 0.462 e. The van der Waals surface area contributed by atoms with Crippen LogP contribution in [0.1, 0.15) is 23.0 Å². The Balaban J connectivity index is 2.04. The fourth-order valence-electron chi connectivity index (χ4n) is 1.63. The standard InChI is InChI=1S/C14H13Br2NO3/c1-2-19-14(18)9-3-5-12(11(15)7-9)17-8-10-4-6-13(16)20-10/h3-7,17H,2,8H2,1H3. The quantitative estimate of drug-likeness (QED) is 0.743. The van der Waals surface area contributed by atoms with Gasteiger partial charge in [0, 0.05) is 10.2 Å². The molecule has 1 aromatic heterocycles. The van der Waals surface area contributed by atoms with Crippen LogP contribution in [0.25, 0.3) is 0 Å². The van der Waals surface area contributed by atoms with Crippen LogP contribution >= 0.6 is 31.9 Å². The number of nitrogens with one attached hydrogen (secondary N) is 1. The summed E-state index contributed by atoms with van der Waals surface area (Å²) in [5, 5.41) is 3.23. The van der Waals surface area contributed by atoms with E-state index in [4.69, 9.17) is 9.15 Å². The maximum Gasteiger partial charge on any atom is 0.338 e. The minimum atomic E-state index is -0.324. The molecular formula is C14H13Br2NO3. The fourth-order valence-corrected chi connectivity index (χ4v) is 2.49. The summed E-state index contributed by atoms with van der Waals surface area (Å²) in [6, 6.07) is 9.02. The van der Waals surface area contributed by atoms with Gasteiger partial charge in [0.1, 0.15) is 5.76 Å². The summed E-state index contributed by atoms with van der Waals surface area (Å²) in [5.74, 6) is 0.493. The molecule has 1 heterocycles. The second-order valence-electron chi connectivity index (χ2n) is 3.97. The van der Waals surface area contributed by atoms with Gasteiger partial charge in [-0.1, -0.05) is 0 Å². The highest BCUT2D eigenvalue weighted by atomic mass is 79.9. The first-order chi connectivity index (χ1) is 9.60. The molecule has 0 aliphatic heterocycles. The van der Waals surface area contributed by atoms with Crippen LogP contribution < -0.4 is 5.32 Å². The first-order valence-electron chi connectivity index (χ1n) is 6.05. The first kappa shape index (κ1) is 15.1. The normalized spacial score (nSPS) is 10.3. The maximum absolute atomic E-state index is 11.6. The number of rotatable bonds is 5. The molecule has 2 aromatic rings. The molecule has 6 heteroatoms. The van der Waals surface area contributed by atoms with Crippen molar-refractivity contribution in [1.82, 2.24) is 0 Å². The number of hydrogen-bond donors (Lipinski definition) is 1. The topological polar surface area (TPSA) is 51.5 Å². The van der Waals surface area contributed by atoms with Crippen LogP contribution in [-0.2, 0) is 11.3 Å². The maximum atomic E-state index is 11.6. The van der Waals surface area contributed by atoms with Crippen molar-refractivity contribution >= 4 is 43.5 Å². The van der Waals surface area contributed by atoms with Crippen LogP contribution in [-0.4, -0.2) is 12.6 Å². The van der Waals surface area contributed by atoms with Crippen LogP contribution in [0, 0.1) is 0 Å². The van der Waals surface area contributed by atoms with Gasteiger partial charge in [-0.15, -0.1) is 0 Å². The average Bonchev–Trinajstić information content (AvgIpc) is 2.83. The van der Waals surface area contributed by atoms with E-state index in [1.165, 1.54) is 0 Å². The number of anilines is 1. The Morgan fingerprint density at radius 3 is 2.70 bits per heavy atom. The highest BCUT2D eigenvalue weighted by Crippen LogP contribution is 2.25. The Kier molecular flexibility index (Phi) is 5.25.